The minimum absolute atomic E-state index is 0.0667. The van der Waals surface area contributed by atoms with E-state index < -0.39 is 13.7 Å². The van der Waals surface area contributed by atoms with E-state index in [1.165, 1.54) is 7.11 Å². The van der Waals surface area contributed by atoms with Crippen molar-refractivity contribution in [2.24, 2.45) is 22.7 Å². The van der Waals surface area contributed by atoms with Gasteiger partial charge in [0.25, 0.3) is 0 Å². The predicted octanol–water partition coefficient (Wildman–Crippen LogP) is 6.31. The lowest BCUT2D eigenvalue weighted by atomic mass is 9.46. The maximum atomic E-state index is 13.0. The molecular formula is C25H44O4Si. The maximum absolute atomic E-state index is 13.0. The Bertz CT molecular complexity index is 692. The highest BCUT2D eigenvalue weighted by molar-refractivity contribution is 6.74. The second kappa shape index (κ2) is 8.53. The van der Waals surface area contributed by atoms with Gasteiger partial charge in [-0.2, -0.15) is 0 Å². The summed E-state index contributed by atoms with van der Waals surface area (Å²) < 4.78 is 12.2. The molecule has 0 aromatic heterocycles. The molecule has 0 heterocycles. The first-order valence-corrected chi connectivity index (χ1v) is 14.5. The Balaban J connectivity index is 2.50. The van der Waals surface area contributed by atoms with Crippen molar-refractivity contribution in [1.29, 1.82) is 0 Å². The van der Waals surface area contributed by atoms with E-state index >= 15 is 0 Å². The Kier molecular flexibility index (Phi) is 7.20. The lowest BCUT2D eigenvalue weighted by Crippen LogP contribution is -2.58. The molecule has 0 spiro atoms. The van der Waals surface area contributed by atoms with Gasteiger partial charge in [-0.3, -0.25) is 4.79 Å². The van der Waals surface area contributed by atoms with Crippen molar-refractivity contribution in [2.45, 2.75) is 104 Å². The van der Waals surface area contributed by atoms with Crippen LogP contribution in [0.25, 0.3) is 0 Å². The summed E-state index contributed by atoms with van der Waals surface area (Å²) >= 11 is 0. The second-order valence-electron chi connectivity index (χ2n) is 11.8. The van der Waals surface area contributed by atoms with Crippen molar-refractivity contribution in [2.75, 3.05) is 7.11 Å². The summed E-state index contributed by atoms with van der Waals surface area (Å²) in [4.78, 5) is 24.8. The number of Topliss-reactive ketones (excluding diaryl/α,β-unsaturated/α-hetero) is 1. The van der Waals surface area contributed by atoms with Crippen molar-refractivity contribution in [3.05, 3.63) is 12.2 Å². The average molecular weight is 437 g/mol. The van der Waals surface area contributed by atoms with Crippen LogP contribution in [-0.2, 0) is 18.8 Å². The van der Waals surface area contributed by atoms with Crippen molar-refractivity contribution >= 4 is 20.1 Å². The lowest BCUT2D eigenvalue weighted by molar-refractivity contribution is -0.170. The number of ether oxygens (including phenoxy) is 1. The summed E-state index contributed by atoms with van der Waals surface area (Å²) in [7, 11) is -0.517. The average Bonchev–Trinajstić information content (AvgIpc) is 2.61. The van der Waals surface area contributed by atoms with E-state index in [2.05, 4.69) is 54.3 Å². The molecule has 30 heavy (non-hydrogen) atoms. The predicted molar refractivity (Wildman–Crippen MR) is 125 cm³/mol. The molecule has 5 atom stereocenters. The Labute approximate surface area is 185 Å². The molecule has 0 aliphatic heterocycles. The molecule has 0 N–H and O–H groups in total. The van der Waals surface area contributed by atoms with Crippen LogP contribution >= 0.6 is 0 Å². The third-order valence-electron chi connectivity index (χ3n) is 8.76. The van der Waals surface area contributed by atoms with E-state index in [1.54, 1.807) is 6.92 Å². The number of carbonyl (C=O) groups is 2. The summed E-state index contributed by atoms with van der Waals surface area (Å²) in [5, 5.41) is 0.0983. The first-order chi connectivity index (χ1) is 13.6. The van der Waals surface area contributed by atoms with Crippen LogP contribution in [0, 0.1) is 22.7 Å². The van der Waals surface area contributed by atoms with Crippen molar-refractivity contribution in [3.8, 4) is 0 Å². The molecule has 2 aliphatic carbocycles. The molecule has 2 fully saturated rings. The zero-order chi connectivity index (χ0) is 23.1. The van der Waals surface area contributed by atoms with Crippen molar-refractivity contribution in [3.63, 3.8) is 0 Å². The van der Waals surface area contributed by atoms with E-state index in [0.29, 0.717) is 6.42 Å². The molecule has 2 rings (SSSR count). The molecule has 1 unspecified atom stereocenters. The van der Waals surface area contributed by atoms with Gasteiger partial charge in [0, 0.05) is 6.42 Å². The fourth-order valence-corrected chi connectivity index (χ4v) is 7.18. The van der Waals surface area contributed by atoms with Gasteiger partial charge in [-0.05, 0) is 80.5 Å². The first-order valence-electron chi connectivity index (χ1n) is 11.5. The summed E-state index contributed by atoms with van der Waals surface area (Å²) in [5.74, 6) is 0.437. The van der Waals surface area contributed by atoms with Crippen LogP contribution in [0.1, 0.15) is 80.1 Å². The number of ketones is 1. The SMILES string of the molecule is C=C1[C@H](O[Si](C)(C)C(C)(C)C)CC2[C@](C)(CCC[C@]2(C)C(=O)OC)[C@H]1CCC(C)=O. The lowest BCUT2D eigenvalue weighted by Gasteiger charge is -2.60. The van der Waals surface area contributed by atoms with E-state index in [0.717, 1.165) is 37.7 Å². The van der Waals surface area contributed by atoms with Gasteiger partial charge in [0.1, 0.15) is 5.78 Å². The topological polar surface area (TPSA) is 52.6 Å². The summed E-state index contributed by atoms with van der Waals surface area (Å²) in [6.07, 6.45) is 4.98. The first kappa shape index (κ1) is 25.3. The molecule has 172 valence electrons. The third-order valence-corrected chi connectivity index (χ3v) is 13.2. The van der Waals surface area contributed by atoms with Crippen LogP contribution in [0.5, 0.6) is 0 Å². The van der Waals surface area contributed by atoms with Gasteiger partial charge in [-0.25, -0.2) is 0 Å². The fourth-order valence-electron chi connectivity index (χ4n) is 5.87. The highest BCUT2D eigenvalue weighted by Crippen LogP contribution is 2.63. The summed E-state index contributed by atoms with van der Waals surface area (Å²) in [5.41, 5.74) is 0.543. The van der Waals surface area contributed by atoms with E-state index in [1.807, 2.05) is 0 Å². The van der Waals surface area contributed by atoms with Crippen LogP contribution < -0.4 is 0 Å². The quantitative estimate of drug-likeness (QED) is 0.278. The third kappa shape index (κ3) is 4.48. The van der Waals surface area contributed by atoms with E-state index in [9.17, 15) is 9.59 Å². The van der Waals surface area contributed by atoms with Crippen molar-refractivity contribution in [1.82, 2.24) is 0 Å². The molecular weight excluding hydrogens is 392 g/mol. The fraction of sp³-hybridized carbons (Fsp3) is 0.840. The number of rotatable bonds is 6. The van der Waals surface area contributed by atoms with Gasteiger partial charge < -0.3 is 14.0 Å². The molecule has 4 nitrogen and oxygen atoms in total. The molecule has 0 bridgehead atoms. The van der Waals surface area contributed by atoms with Gasteiger partial charge >= 0.3 is 5.97 Å². The zero-order valence-corrected chi connectivity index (χ0v) is 21.8. The van der Waals surface area contributed by atoms with E-state index in [4.69, 9.17) is 9.16 Å². The van der Waals surface area contributed by atoms with Gasteiger partial charge in [0.2, 0.25) is 0 Å². The highest BCUT2D eigenvalue weighted by atomic mass is 28.4. The Morgan fingerprint density at radius 1 is 1.20 bits per heavy atom. The Morgan fingerprint density at radius 2 is 1.80 bits per heavy atom. The number of carbonyl (C=O) groups excluding carboxylic acids is 2. The molecule has 0 saturated heterocycles. The van der Waals surface area contributed by atoms with E-state index in [-0.39, 0.29) is 40.1 Å². The summed E-state index contributed by atoms with van der Waals surface area (Å²) in [6.45, 7) is 21.9. The normalized spacial score (nSPS) is 35.0. The Hall–Kier alpha value is -0.943. The van der Waals surface area contributed by atoms with Gasteiger partial charge in [-0.1, -0.05) is 40.7 Å². The second-order valence-corrected chi connectivity index (χ2v) is 16.5. The molecule has 2 saturated carbocycles. The van der Waals surface area contributed by atoms with Crippen molar-refractivity contribution < 1.29 is 18.8 Å². The molecule has 0 aromatic rings. The van der Waals surface area contributed by atoms with Gasteiger partial charge in [0.15, 0.2) is 8.32 Å². The van der Waals surface area contributed by atoms with Crippen LogP contribution in [-0.4, -0.2) is 33.3 Å². The summed E-state index contributed by atoms with van der Waals surface area (Å²) in [6, 6.07) is 0. The standard InChI is InChI=1S/C25H44O4Si/c1-17(26)12-13-19-18(2)20(29-30(9,10)23(3,4)5)16-21-24(19,6)14-11-15-25(21,7)22(27)28-8/h19-21H,2,11-16H2,1,3-10H3/t19-,20+,21?,24+,25-/m0/s1. The monoisotopic (exact) mass is 436 g/mol. The number of hydrogen-bond donors (Lipinski definition) is 0. The molecule has 0 amide bonds. The Morgan fingerprint density at radius 3 is 2.30 bits per heavy atom. The van der Waals surface area contributed by atoms with Gasteiger partial charge in [0.05, 0.1) is 18.6 Å². The zero-order valence-electron chi connectivity index (χ0n) is 20.8. The molecule has 2 aliphatic rings. The maximum Gasteiger partial charge on any atom is 0.311 e. The smallest absolute Gasteiger partial charge is 0.311 e. The van der Waals surface area contributed by atoms with Crippen LogP contribution in [0.2, 0.25) is 18.1 Å². The molecule has 5 heteroatoms. The highest BCUT2D eigenvalue weighted by Gasteiger charge is 2.60. The van der Waals surface area contributed by atoms with Crippen LogP contribution in [0.4, 0.5) is 0 Å². The number of esters is 1. The van der Waals surface area contributed by atoms with Crippen LogP contribution in [0.15, 0.2) is 12.2 Å². The molecule has 0 aromatic carbocycles. The number of methoxy groups -OCH3 is 1. The minimum atomic E-state index is -2.02. The number of hydrogen-bond acceptors (Lipinski definition) is 4. The molecule has 0 radical (unpaired) electrons. The number of fused-ring (bicyclic) bond motifs is 1. The largest absolute Gasteiger partial charge is 0.469 e. The van der Waals surface area contributed by atoms with Crippen LogP contribution in [0.3, 0.4) is 0 Å². The van der Waals surface area contributed by atoms with Gasteiger partial charge in [-0.15, -0.1) is 0 Å². The minimum Gasteiger partial charge on any atom is -0.469 e.